The van der Waals surface area contributed by atoms with Gasteiger partial charge in [-0.05, 0) is 30.3 Å². The van der Waals surface area contributed by atoms with Crippen LogP contribution in [0.5, 0.6) is 5.75 Å². The van der Waals surface area contributed by atoms with Crippen molar-refractivity contribution < 1.29 is 19.1 Å². The molecule has 0 radical (unpaired) electrons. The zero-order chi connectivity index (χ0) is 22.2. The van der Waals surface area contributed by atoms with Crippen molar-refractivity contribution in [1.82, 2.24) is 9.66 Å². The van der Waals surface area contributed by atoms with E-state index in [1.807, 2.05) is 0 Å². The molecule has 0 atom stereocenters. The van der Waals surface area contributed by atoms with Crippen LogP contribution in [0.1, 0.15) is 20.7 Å². The van der Waals surface area contributed by atoms with Crippen molar-refractivity contribution in [3.05, 3.63) is 53.9 Å². The average molecular weight is 411 g/mol. The van der Waals surface area contributed by atoms with Gasteiger partial charge in [-0.25, -0.2) is 19.5 Å². The smallest absolute Gasteiger partial charge is 0.338 e. The molecule has 3 aromatic rings. The molecule has 0 saturated carbocycles. The van der Waals surface area contributed by atoms with Gasteiger partial charge in [0.15, 0.2) is 0 Å². The van der Waals surface area contributed by atoms with E-state index in [1.54, 1.807) is 6.07 Å². The molecule has 11 heteroatoms. The van der Waals surface area contributed by atoms with Crippen LogP contribution < -0.4 is 32.7 Å². The van der Waals surface area contributed by atoms with Gasteiger partial charge in [0, 0.05) is 5.56 Å². The molecule has 8 N–H and O–H groups in total. The second kappa shape index (κ2) is 7.54. The molecule has 0 unspecified atom stereocenters. The van der Waals surface area contributed by atoms with E-state index in [2.05, 4.69) is 11.6 Å². The van der Waals surface area contributed by atoms with Crippen LogP contribution >= 0.6 is 0 Å². The minimum atomic E-state index is -0.629. The number of anilines is 3. The Labute approximate surface area is 171 Å². The Morgan fingerprint density at radius 1 is 1.10 bits per heavy atom. The number of aromatic nitrogens is 2. The fraction of sp³-hybridized carbons (Fsp3) is 0.105. The van der Waals surface area contributed by atoms with E-state index in [9.17, 15) is 9.59 Å². The van der Waals surface area contributed by atoms with Crippen LogP contribution in [0, 0.1) is 0 Å². The number of nitrogen functional groups attached to an aromatic ring is 2. The molecule has 3 rings (SSSR count). The second-order valence-electron chi connectivity index (χ2n) is 6.26. The number of benzene rings is 2. The van der Waals surface area contributed by atoms with E-state index in [-0.39, 0.29) is 34.3 Å². The van der Waals surface area contributed by atoms with Gasteiger partial charge in [-0.2, -0.15) is 0 Å². The fourth-order valence-corrected chi connectivity index (χ4v) is 3.06. The van der Waals surface area contributed by atoms with Crippen molar-refractivity contribution in [2.24, 2.45) is 11.5 Å². The summed E-state index contributed by atoms with van der Waals surface area (Å²) >= 11 is 0. The highest BCUT2D eigenvalue weighted by Crippen LogP contribution is 2.35. The third kappa shape index (κ3) is 3.28. The summed E-state index contributed by atoms with van der Waals surface area (Å²) in [5, 5.41) is 1.41. The molecular formula is C19H21N7O4. The van der Waals surface area contributed by atoms with Gasteiger partial charge in [0.25, 0.3) is 0 Å². The van der Waals surface area contributed by atoms with E-state index in [0.717, 1.165) is 0 Å². The SMILES string of the molecule is C=C(N)N(c1ccc(C(N)=O)cc1N)n1c(N)nc2cc(C(=O)OC)cc(OC)c21. The number of carbonyl (C=O) groups is 2. The largest absolute Gasteiger partial charge is 0.494 e. The van der Waals surface area contributed by atoms with E-state index in [0.29, 0.717) is 16.7 Å². The van der Waals surface area contributed by atoms with Gasteiger partial charge in [0.2, 0.25) is 11.9 Å². The van der Waals surface area contributed by atoms with Gasteiger partial charge >= 0.3 is 5.97 Å². The van der Waals surface area contributed by atoms with Crippen LogP contribution in [0.2, 0.25) is 0 Å². The highest BCUT2D eigenvalue weighted by Gasteiger charge is 2.24. The lowest BCUT2D eigenvalue weighted by atomic mass is 10.1. The Kier molecular flexibility index (Phi) is 5.11. The molecule has 0 fully saturated rings. The summed E-state index contributed by atoms with van der Waals surface area (Å²) in [6.45, 7) is 3.79. The molecule has 1 heterocycles. The van der Waals surface area contributed by atoms with Crippen LogP contribution in [-0.2, 0) is 4.74 Å². The number of methoxy groups -OCH3 is 2. The Morgan fingerprint density at radius 2 is 1.80 bits per heavy atom. The normalized spacial score (nSPS) is 10.6. The first kappa shape index (κ1) is 20.3. The van der Waals surface area contributed by atoms with Crippen molar-refractivity contribution in [3.63, 3.8) is 0 Å². The van der Waals surface area contributed by atoms with E-state index >= 15 is 0 Å². The third-order valence-electron chi connectivity index (χ3n) is 4.37. The van der Waals surface area contributed by atoms with Crippen LogP contribution in [0.25, 0.3) is 11.0 Å². The Bertz CT molecular complexity index is 1190. The molecule has 156 valence electrons. The zero-order valence-corrected chi connectivity index (χ0v) is 16.4. The van der Waals surface area contributed by atoms with Crippen LogP contribution in [0.15, 0.2) is 42.7 Å². The van der Waals surface area contributed by atoms with Crippen molar-refractivity contribution >= 4 is 40.2 Å². The van der Waals surface area contributed by atoms with Crippen LogP contribution in [0.4, 0.5) is 17.3 Å². The maximum Gasteiger partial charge on any atom is 0.338 e. The average Bonchev–Trinajstić information content (AvgIpc) is 3.03. The summed E-state index contributed by atoms with van der Waals surface area (Å²) in [7, 11) is 2.70. The molecular weight excluding hydrogens is 390 g/mol. The van der Waals surface area contributed by atoms with Crippen molar-refractivity contribution in [1.29, 1.82) is 0 Å². The van der Waals surface area contributed by atoms with Gasteiger partial charge in [0.05, 0.1) is 36.7 Å². The van der Waals surface area contributed by atoms with Crippen LogP contribution in [-0.4, -0.2) is 35.8 Å². The number of hydrogen-bond donors (Lipinski definition) is 4. The maximum atomic E-state index is 12.0. The second-order valence-corrected chi connectivity index (χ2v) is 6.26. The molecule has 30 heavy (non-hydrogen) atoms. The molecule has 0 aliphatic heterocycles. The summed E-state index contributed by atoms with van der Waals surface area (Å²) < 4.78 is 11.7. The standard InChI is InChI=1S/C19H21N7O4/c1-9(20)25(14-5-4-10(17(22)27)6-12(14)21)26-16-13(24-19(26)23)7-11(18(28)30-3)8-15(16)29-2/h4-8H,1,20-21H2,2-3H3,(H2,22,27)(H2,23,24). The number of nitrogens with zero attached hydrogens (tertiary/aromatic N) is 3. The summed E-state index contributed by atoms with van der Waals surface area (Å²) in [6.07, 6.45) is 0. The molecule has 11 nitrogen and oxygen atoms in total. The highest BCUT2D eigenvalue weighted by atomic mass is 16.5. The number of fused-ring (bicyclic) bond motifs is 1. The lowest BCUT2D eigenvalue weighted by molar-refractivity contribution is 0.0600. The summed E-state index contributed by atoms with van der Waals surface area (Å²) in [5.74, 6) is -0.824. The number of carbonyl (C=O) groups excluding carboxylic acids is 2. The Hall–Kier alpha value is -4.41. The Balaban J connectivity index is 2.29. The van der Waals surface area contributed by atoms with Gasteiger partial charge in [-0.1, -0.05) is 6.58 Å². The third-order valence-corrected chi connectivity index (χ3v) is 4.37. The topological polar surface area (TPSA) is 178 Å². The van der Waals surface area contributed by atoms with Gasteiger partial charge < -0.3 is 32.4 Å². The quantitative estimate of drug-likeness (QED) is 0.337. The van der Waals surface area contributed by atoms with Crippen molar-refractivity contribution in [2.45, 2.75) is 0 Å². The molecule has 2 aromatic carbocycles. The molecule has 1 aromatic heterocycles. The lowest BCUT2D eigenvalue weighted by Crippen LogP contribution is -2.34. The van der Waals surface area contributed by atoms with Gasteiger partial charge in [0.1, 0.15) is 17.1 Å². The van der Waals surface area contributed by atoms with E-state index < -0.39 is 11.9 Å². The molecule has 0 saturated heterocycles. The number of rotatable bonds is 6. The van der Waals surface area contributed by atoms with Crippen molar-refractivity contribution in [2.75, 3.05) is 30.7 Å². The number of nitrogens with two attached hydrogens (primary N) is 4. The number of esters is 1. The molecule has 0 aliphatic carbocycles. The highest BCUT2D eigenvalue weighted by molar-refractivity contribution is 5.98. The maximum absolute atomic E-state index is 12.0. The van der Waals surface area contributed by atoms with Crippen molar-refractivity contribution in [3.8, 4) is 5.75 Å². The first-order chi connectivity index (χ1) is 14.2. The molecule has 0 aliphatic rings. The van der Waals surface area contributed by atoms with E-state index in [1.165, 1.54) is 48.2 Å². The lowest BCUT2D eigenvalue weighted by Gasteiger charge is -2.28. The predicted molar refractivity (Wildman–Crippen MR) is 113 cm³/mol. The summed E-state index contributed by atoms with van der Waals surface area (Å²) in [6, 6.07) is 7.45. The number of hydrogen-bond acceptors (Lipinski definition) is 9. The summed E-state index contributed by atoms with van der Waals surface area (Å²) in [5.41, 5.74) is 25.4. The monoisotopic (exact) mass is 411 g/mol. The fourth-order valence-electron chi connectivity index (χ4n) is 3.06. The number of primary amides is 1. The predicted octanol–water partition coefficient (Wildman–Crippen LogP) is 0.794. The van der Waals surface area contributed by atoms with Crippen LogP contribution in [0.3, 0.4) is 0 Å². The minimum absolute atomic E-state index is 0.0234. The van der Waals surface area contributed by atoms with Gasteiger partial charge in [-0.15, -0.1) is 0 Å². The molecule has 0 bridgehead atoms. The first-order valence-electron chi connectivity index (χ1n) is 8.58. The molecule has 1 amide bonds. The molecule has 0 spiro atoms. The van der Waals surface area contributed by atoms with E-state index in [4.69, 9.17) is 32.4 Å². The number of ether oxygens (including phenoxy) is 2. The zero-order valence-electron chi connectivity index (χ0n) is 16.4. The number of amides is 1. The minimum Gasteiger partial charge on any atom is -0.494 e. The number of imidazole rings is 1. The summed E-state index contributed by atoms with van der Waals surface area (Å²) in [4.78, 5) is 27.7. The van der Waals surface area contributed by atoms with Gasteiger partial charge in [-0.3, -0.25) is 4.79 Å². The first-order valence-corrected chi connectivity index (χ1v) is 8.58. The Morgan fingerprint density at radius 3 is 2.33 bits per heavy atom.